The molecule has 0 N–H and O–H groups in total. The minimum absolute atomic E-state index is 0.567. The van der Waals surface area contributed by atoms with Crippen molar-refractivity contribution >= 4 is 11.6 Å². The summed E-state index contributed by atoms with van der Waals surface area (Å²) in [5, 5.41) is 0. The smallest absolute Gasteiger partial charge is 0.0721 e. The Bertz CT molecular complexity index is 332. The second-order valence-corrected chi connectivity index (χ2v) is 5.17. The minimum atomic E-state index is 0.567. The lowest BCUT2D eigenvalue weighted by molar-refractivity contribution is 0.148. The molecule has 0 aromatic heterocycles. The van der Waals surface area contributed by atoms with Gasteiger partial charge in [-0.25, -0.2) is 0 Å². The van der Waals surface area contributed by atoms with Crippen molar-refractivity contribution in [2.75, 3.05) is 12.5 Å². The van der Waals surface area contributed by atoms with Crippen molar-refractivity contribution in [1.82, 2.24) is 0 Å². The molecule has 0 amide bonds. The lowest BCUT2D eigenvalue weighted by atomic mass is 9.94. The van der Waals surface area contributed by atoms with Crippen LogP contribution in [0.25, 0.3) is 0 Å². The zero-order valence-electron chi connectivity index (χ0n) is 11.3. The summed E-state index contributed by atoms with van der Waals surface area (Å²) in [6.45, 7) is 5.77. The predicted molar refractivity (Wildman–Crippen MR) is 78.9 cm³/mol. The molecular weight excluding hydrogens is 244 g/mol. The van der Waals surface area contributed by atoms with Crippen LogP contribution in [0.15, 0.2) is 42.5 Å². The van der Waals surface area contributed by atoms with Gasteiger partial charge in [0.15, 0.2) is 0 Å². The van der Waals surface area contributed by atoms with Gasteiger partial charge in [-0.1, -0.05) is 56.3 Å². The normalized spacial score (nSPS) is 13.3. The number of hydrogen-bond donors (Lipinski definition) is 0. The van der Waals surface area contributed by atoms with Gasteiger partial charge in [0.25, 0.3) is 0 Å². The molecule has 1 atom stereocenters. The zero-order valence-corrected chi connectivity index (χ0v) is 12.1. The molecule has 0 aliphatic heterocycles. The van der Waals surface area contributed by atoms with Crippen molar-refractivity contribution in [3.63, 3.8) is 0 Å². The Balaban J connectivity index is 2.14. The van der Waals surface area contributed by atoms with Crippen LogP contribution in [0.2, 0.25) is 0 Å². The van der Waals surface area contributed by atoms with Crippen molar-refractivity contribution in [3.05, 3.63) is 48.0 Å². The zero-order chi connectivity index (χ0) is 13.2. The number of rotatable bonds is 8. The molecule has 0 heterocycles. The van der Waals surface area contributed by atoms with Crippen LogP contribution in [0.1, 0.15) is 25.8 Å². The van der Waals surface area contributed by atoms with Crippen LogP contribution in [0, 0.1) is 11.8 Å². The summed E-state index contributed by atoms with van der Waals surface area (Å²) in [4.78, 5) is 0. The first-order chi connectivity index (χ1) is 8.74. The highest BCUT2D eigenvalue weighted by molar-refractivity contribution is 6.18. The third-order valence-corrected chi connectivity index (χ3v) is 3.47. The highest BCUT2D eigenvalue weighted by Crippen LogP contribution is 2.17. The molecule has 0 aliphatic rings. The Hall–Kier alpha value is -0.790. The topological polar surface area (TPSA) is 9.23 Å². The molecule has 2 heteroatoms. The average molecular weight is 267 g/mol. The first kappa shape index (κ1) is 15.3. The van der Waals surface area contributed by atoms with E-state index in [0.29, 0.717) is 25.0 Å². The number of ether oxygens (including phenoxy) is 1. The maximum absolute atomic E-state index is 5.92. The molecular formula is C16H23ClO. The van der Waals surface area contributed by atoms with Gasteiger partial charge >= 0.3 is 0 Å². The van der Waals surface area contributed by atoms with Gasteiger partial charge in [0.1, 0.15) is 0 Å². The summed E-state index contributed by atoms with van der Waals surface area (Å²) in [7, 11) is 0. The molecule has 0 bridgehead atoms. The molecule has 100 valence electrons. The number of alkyl halides is 1. The predicted octanol–water partition coefficient (Wildman–Crippen LogP) is 4.66. The largest absolute Gasteiger partial charge is 0.373 e. The van der Waals surface area contributed by atoms with Crippen LogP contribution in [0.3, 0.4) is 0 Å². The van der Waals surface area contributed by atoms with Crippen molar-refractivity contribution in [2.45, 2.75) is 26.9 Å². The monoisotopic (exact) mass is 266 g/mol. The third kappa shape index (κ3) is 6.23. The van der Waals surface area contributed by atoms with E-state index < -0.39 is 0 Å². The molecule has 1 nitrogen and oxygen atoms in total. The molecule has 0 aliphatic carbocycles. The first-order valence-corrected chi connectivity index (χ1v) is 7.10. The van der Waals surface area contributed by atoms with Crippen LogP contribution in [-0.4, -0.2) is 12.5 Å². The summed E-state index contributed by atoms with van der Waals surface area (Å²) in [5.74, 6) is 1.93. The van der Waals surface area contributed by atoms with E-state index in [1.807, 2.05) is 18.2 Å². The van der Waals surface area contributed by atoms with E-state index in [4.69, 9.17) is 16.3 Å². The number of halogens is 1. The Kier molecular flexibility index (Phi) is 7.79. The highest BCUT2D eigenvalue weighted by atomic mass is 35.5. The van der Waals surface area contributed by atoms with Crippen molar-refractivity contribution in [3.8, 4) is 0 Å². The van der Waals surface area contributed by atoms with E-state index in [-0.39, 0.29) is 0 Å². The van der Waals surface area contributed by atoms with E-state index in [2.05, 4.69) is 38.1 Å². The second-order valence-electron chi connectivity index (χ2n) is 4.87. The summed E-state index contributed by atoms with van der Waals surface area (Å²) in [5.41, 5.74) is 1.21. The highest BCUT2D eigenvalue weighted by Gasteiger charge is 2.09. The fourth-order valence-corrected chi connectivity index (χ4v) is 2.15. The molecule has 1 aromatic carbocycles. The van der Waals surface area contributed by atoms with Gasteiger partial charge in [-0.2, -0.15) is 0 Å². The Morgan fingerprint density at radius 2 is 1.89 bits per heavy atom. The quantitative estimate of drug-likeness (QED) is 0.378. The van der Waals surface area contributed by atoms with Gasteiger partial charge in [0, 0.05) is 5.88 Å². The molecule has 0 saturated carbocycles. The summed E-state index contributed by atoms with van der Waals surface area (Å²) in [6.07, 6.45) is 5.30. The molecule has 0 unspecified atom stereocenters. The van der Waals surface area contributed by atoms with Crippen LogP contribution >= 0.6 is 11.6 Å². The van der Waals surface area contributed by atoms with Gasteiger partial charge in [0.05, 0.1) is 13.2 Å². The molecule has 18 heavy (non-hydrogen) atoms. The van der Waals surface area contributed by atoms with Crippen LogP contribution in [0.4, 0.5) is 0 Å². The van der Waals surface area contributed by atoms with Gasteiger partial charge in [0.2, 0.25) is 0 Å². The van der Waals surface area contributed by atoms with E-state index in [9.17, 15) is 0 Å². The molecule has 0 spiro atoms. The van der Waals surface area contributed by atoms with E-state index >= 15 is 0 Å². The molecule has 0 radical (unpaired) electrons. The maximum atomic E-state index is 5.92. The van der Waals surface area contributed by atoms with Crippen molar-refractivity contribution in [2.24, 2.45) is 11.8 Å². The average Bonchev–Trinajstić information content (AvgIpc) is 2.38. The van der Waals surface area contributed by atoms with Gasteiger partial charge in [-0.15, -0.1) is 11.6 Å². The Labute approximate surface area is 116 Å². The standard InChI is InChI=1S/C16H23ClO/c1-14(2)16(12-17)10-6-7-11-18-13-15-8-4-3-5-9-15/h3-9,14,16H,10-13H2,1-2H3/b7-6+/t16-/m1/s1. The van der Waals surface area contributed by atoms with Crippen LogP contribution < -0.4 is 0 Å². The van der Waals surface area contributed by atoms with Crippen molar-refractivity contribution in [1.29, 1.82) is 0 Å². The molecule has 0 saturated heterocycles. The van der Waals surface area contributed by atoms with Gasteiger partial charge in [-0.05, 0) is 23.8 Å². The summed E-state index contributed by atoms with van der Waals surface area (Å²) >= 11 is 5.92. The Morgan fingerprint density at radius 1 is 1.17 bits per heavy atom. The Morgan fingerprint density at radius 3 is 2.50 bits per heavy atom. The number of allylic oxidation sites excluding steroid dienone is 1. The van der Waals surface area contributed by atoms with Gasteiger partial charge in [-0.3, -0.25) is 0 Å². The summed E-state index contributed by atoms with van der Waals surface area (Å²) in [6, 6.07) is 10.2. The minimum Gasteiger partial charge on any atom is -0.373 e. The lowest BCUT2D eigenvalue weighted by Gasteiger charge is -2.15. The van der Waals surface area contributed by atoms with Gasteiger partial charge < -0.3 is 4.74 Å². The maximum Gasteiger partial charge on any atom is 0.0721 e. The third-order valence-electron chi connectivity index (χ3n) is 3.07. The molecule has 0 fully saturated rings. The van der Waals surface area contributed by atoms with E-state index in [1.165, 1.54) is 5.56 Å². The van der Waals surface area contributed by atoms with E-state index in [1.54, 1.807) is 0 Å². The SMILES string of the molecule is CC(C)[C@@H](CCl)C/C=C/COCc1ccccc1. The van der Waals surface area contributed by atoms with Crippen LogP contribution in [0.5, 0.6) is 0 Å². The second kappa shape index (κ2) is 9.18. The molecule has 1 aromatic rings. The van der Waals surface area contributed by atoms with E-state index in [0.717, 1.165) is 12.3 Å². The lowest BCUT2D eigenvalue weighted by Crippen LogP contribution is -2.09. The molecule has 1 rings (SSSR count). The van der Waals surface area contributed by atoms with Crippen LogP contribution in [-0.2, 0) is 11.3 Å². The first-order valence-electron chi connectivity index (χ1n) is 6.56. The fourth-order valence-electron chi connectivity index (χ4n) is 1.67. The van der Waals surface area contributed by atoms with Crippen molar-refractivity contribution < 1.29 is 4.74 Å². The number of hydrogen-bond acceptors (Lipinski definition) is 1. The number of benzene rings is 1. The fraction of sp³-hybridized carbons (Fsp3) is 0.500. The summed E-state index contributed by atoms with van der Waals surface area (Å²) < 4.78 is 5.58.